The van der Waals surface area contributed by atoms with Crippen LogP contribution in [0, 0.1) is 0 Å². The van der Waals surface area contributed by atoms with Crippen molar-refractivity contribution in [2.24, 2.45) is 5.73 Å². The van der Waals surface area contributed by atoms with Crippen LogP contribution in [-0.4, -0.2) is 33.5 Å². The largest absolute Gasteiger partial charge is 0.507 e. The summed E-state index contributed by atoms with van der Waals surface area (Å²) in [5.74, 6) is -0.0972. The van der Waals surface area contributed by atoms with Crippen molar-refractivity contribution in [2.45, 2.75) is 18.9 Å². The van der Waals surface area contributed by atoms with E-state index in [9.17, 15) is 9.90 Å². The average Bonchev–Trinajstić information content (AvgIpc) is 2.81. The van der Waals surface area contributed by atoms with Gasteiger partial charge in [-0.25, -0.2) is 0 Å². The van der Waals surface area contributed by atoms with Gasteiger partial charge in [0.25, 0.3) is 5.91 Å². The first kappa shape index (κ1) is 13.3. The van der Waals surface area contributed by atoms with Gasteiger partial charge >= 0.3 is 0 Å². The number of phenols is 1. The standard InChI is InChI=1S/C12H13BrN2O2S/c13-8-4-3-7(6-10(8)16)12(17)15-5-1-2-9(15)11(14)18/h3-4,6,9,16H,1-2,5H2,(H2,14,18). The number of carbonyl (C=O) groups excluding carboxylic acids is 1. The van der Waals surface area contributed by atoms with Crippen molar-refractivity contribution in [3.63, 3.8) is 0 Å². The number of likely N-dealkylation sites (tertiary alicyclic amines) is 1. The Morgan fingerprint density at radius 1 is 1.56 bits per heavy atom. The first-order valence-corrected chi connectivity index (χ1v) is 6.79. The molecule has 1 aliphatic heterocycles. The maximum Gasteiger partial charge on any atom is 0.254 e. The second kappa shape index (κ2) is 5.24. The predicted molar refractivity (Wildman–Crippen MR) is 76.7 cm³/mol. The van der Waals surface area contributed by atoms with Crippen LogP contribution >= 0.6 is 28.1 Å². The number of nitrogens with zero attached hydrogens (tertiary/aromatic N) is 1. The van der Waals surface area contributed by atoms with Crippen LogP contribution < -0.4 is 5.73 Å². The zero-order valence-corrected chi connectivity index (χ0v) is 12.0. The number of thiocarbonyl (C=S) groups is 1. The third-order valence-electron chi connectivity index (χ3n) is 3.04. The monoisotopic (exact) mass is 328 g/mol. The summed E-state index contributed by atoms with van der Waals surface area (Å²) in [6, 6.07) is 4.59. The van der Waals surface area contributed by atoms with E-state index in [0.717, 1.165) is 12.8 Å². The van der Waals surface area contributed by atoms with E-state index in [0.29, 0.717) is 21.6 Å². The highest BCUT2D eigenvalue weighted by molar-refractivity contribution is 9.10. The molecule has 1 aromatic carbocycles. The zero-order valence-electron chi connectivity index (χ0n) is 9.60. The summed E-state index contributed by atoms with van der Waals surface area (Å²) in [4.78, 5) is 14.3. The summed E-state index contributed by atoms with van der Waals surface area (Å²) in [6.07, 6.45) is 1.71. The van der Waals surface area contributed by atoms with Crippen LogP contribution in [0.4, 0.5) is 0 Å². The lowest BCUT2D eigenvalue weighted by Gasteiger charge is -2.23. The lowest BCUT2D eigenvalue weighted by Crippen LogP contribution is -2.42. The van der Waals surface area contributed by atoms with Crippen molar-refractivity contribution >= 4 is 39.0 Å². The molecular formula is C12H13BrN2O2S. The molecule has 1 aliphatic rings. The first-order valence-electron chi connectivity index (χ1n) is 5.59. The molecule has 1 atom stereocenters. The fraction of sp³-hybridized carbons (Fsp3) is 0.333. The number of carbonyl (C=O) groups is 1. The van der Waals surface area contributed by atoms with E-state index in [1.807, 2.05) is 0 Å². The molecule has 0 radical (unpaired) electrons. The summed E-state index contributed by atoms with van der Waals surface area (Å²) in [6.45, 7) is 0.650. The molecule has 0 saturated carbocycles. The van der Waals surface area contributed by atoms with Crippen molar-refractivity contribution in [3.05, 3.63) is 28.2 Å². The Morgan fingerprint density at radius 3 is 2.89 bits per heavy atom. The minimum absolute atomic E-state index is 0.0481. The Balaban J connectivity index is 2.25. The van der Waals surface area contributed by atoms with Gasteiger partial charge in [0.15, 0.2) is 0 Å². The maximum absolute atomic E-state index is 12.3. The van der Waals surface area contributed by atoms with Crippen LogP contribution in [0.25, 0.3) is 0 Å². The number of amides is 1. The lowest BCUT2D eigenvalue weighted by atomic mass is 10.1. The normalized spacial score (nSPS) is 18.9. The molecule has 1 fully saturated rings. The molecule has 0 bridgehead atoms. The maximum atomic E-state index is 12.3. The van der Waals surface area contributed by atoms with Gasteiger partial charge in [0.05, 0.1) is 15.5 Å². The molecule has 2 rings (SSSR count). The van der Waals surface area contributed by atoms with Crippen LogP contribution in [-0.2, 0) is 0 Å². The van der Waals surface area contributed by atoms with Crippen molar-refractivity contribution < 1.29 is 9.90 Å². The van der Waals surface area contributed by atoms with Gasteiger partial charge in [-0.2, -0.15) is 0 Å². The minimum atomic E-state index is -0.168. The molecule has 1 unspecified atom stereocenters. The topological polar surface area (TPSA) is 66.6 Å². The van der Waals surface area contributed by atoms with E-state index < -0.39 is 0 Å². The van der Waals surface area contributed by atoms with Gasteiger partial charge in [0.2, 0.25) is 0 Å². The number of phenolic OH excluding ortho intramolecular Hbond substituents is 1. The molecule has 6 heteroatoms. The van der Waals surface area contributed by atoms with Gasteiger partial charge in [0.1, 0.15) is 5.75 Å². The van der Waals surface area contributed by atoms with Gasteiger partial charge in [-0.3, -0.25) is 4.79 Å². The number of hydrogen-bond acceptors (Lipinski definition) is 3. The minimum Gasteiger partial charge on any atom is -0.507 e. The number of nitrogens with two attached hydrogens (primary N) is 1. The van der Waals surface area contributed by atoms with E-state index in [-0.39, 0.29) is 17.7 Å². The Kier molecular flexibility index (Phi) is 3.87. The Morgan fingerprint density at radius 2 is 2.28 bits per heavy atom. The highest BCUT2D eigenvalue weighted by atomic mass is 79.9. The smallest absolute Gasteiger partial charge is 0.254 e. The summed E-state index contributed by atoms with van der Waals surface area (Å²) in [5.41, 5.74) is 6.08. The number of halogens is 1. The van der Waals surface area contributed by atoms with E-state index in [4.69, 9.17) is 18.0 Å². The summed E-state index contributed by atoms with van der Waals surface area (Å²) in [7, 11) is 0. The molecule has 1 amide bonds. The van der Waals surface area contributed by atoms with Gasteiger partial charge in [0, 0.05) is 12.1 Å². The molecule has 1 saturated heterocycles. The third-order valence-corrected chi connectivity index (χ3v) is 3.98. The van der Waals surface area contributed by atoms with Crippen molar-refractivity contribution in [1.82, 2.24) is 4.90 Å². The molecule has 0 aliphatic carbocycles. The van der Waals surface area contributed by atoms with Gasteiger partial charge in [-0.1, -0.05) is 12.2 Å². The molecule has 1 aromatic rings. The number of benzene rings is 1. The highest BCUT2D eigenvalue weighted by Crippen LogP contribution is 2.27. The van der Waals surface area contributed by atoms with Crippen molar-refractivity contribution in [2.75, 3.05) is 6.54 Å². The van der Waals surface area contributed by atoms with Crippen LogP contribution in [0.1, 0.15) is 23.2 Å². The average molecular weight is 329 g/mol. The molecule has 1 heterocycles. The van der Waals surface area contributed by atoms with Crippen LogP contribution in [0.2, 0.25) is 0 Å². The van der Waals surface area contributed by atoms with E-state index >= 15 is 0 Å². The van der Waals surface area contributed by atoms with Crippen molar-refractivity contribution in [3.8, 4) is 5.75 Å². The number of rotatable bonds is 2. The summed E-state index contributed by atoms with van der Waals surface area (Å²) in [5, 5.41) is 9.60. The Hall–Kier alpha value is -1.14. The predicted octanol–water partition coefficient (Wildman–Crippen LogP) is 2.05. The van der Waals surface area contributed by atoms with Crippen LogP contribution in [0.3, 0.4) is 0 Å². The lowest BCUT2D eigenvalue weighted by molar-refractivity contribution is 0.0770. The quantitative estimate of drug-likeness (QED) is 0.815. The molecule has 96 valence electrons. The van der Waals surface area contributed by atoms with Crippen molar-refractivity contribution in [1.29, 1.82) is 0 Å². The van der Waals surface area contributed by atoms with Crippen LogP contribution in [0.15, 0.2) is 22.7 Å². The Bertz CT molecular complexity index is 507. The number of hydrogen-bond donors (Lipinski definition) is 2. The van der Waals surface area contributed by atoms with Gasteiger partial charge < -0.3 is 15.7 Å². The SMILES string of the molecule is NC(=S)C1CCCN1C(=O)c1ccc(Br)c(O)c1. The summed E-state index contributed by atoms with van der Waals surface area (Å²) < 4.78 is 0.561. The fourth-order valence-electron chi connectivity index (χ4n) is 2.12. The van der Waals surface area contributed by atoms with Gasteiger partial charge in [-0.05, 0) is 47.0 Å². The second-order valence-electron chi connectivity index (χ2n) is 4.23. The van der Waals surface area contributed by atoms with E-state index in [1.54, 1.807) is 17.0 Å². The zero-order chi connectivity index (χ0) is 13.3. The third kappa shape index (κ3) is 2.49. The molecule has 0 aromatic heterocycles. The Labute approximate surface area is 119 Å². The fourth-order valence-corrected chi connectivity index (χ4v) is 2.61. The van der Waals surface area contributed by atoms with Crippen LogP contribution in [0.5, 0.6) is 5.75 Å². The molecular weight excluding hydrogens is 316 g/mol. The van der Waals surface area contributed by atoms with E-state index in [2.05, 4.69) is 15.9 Å². The molecule has 18 heavy (non-hydrogen) atoms. The second-order valence-corrected chi connectivity index (χ2v) is 5.55. The summed E-state index contributed by atoms with van der Waals surface area (Å²) >= 11 is 8.16. The first-order chi connectivity index (χ1) is 8.50. The van der Waals surface area contributed by atoms with Gasteiger partial charge in [-0.15, -0.1) is 0 Å². The molecule has 0 spiro atoms. The molecule has 4 nitrogen and oxygen atoms in total. The highest BCUT2D eigenvalue weighted by Gasteiger charge is 2.31. The number of aromatic hydroxyl groups is 1. The molecule has 3 N–H and O–H groups in total. The van der Waals surface area contributed by atoms with E-state index in [1.165, 1.54) is 6.07 Å².